The van der Waals surface area contributed by atoms with Gasteiger partial charge >= 0.3 is 0 Å². The maximum absolute atomic E-state index is 12.9. The summed E-state index contributed by atoms with van der Waals surface area (Å²) in [6.07, 6.45) is 5.04. The molecule has 1 aliphatic rings. The summed E-state index contributed by atoms with van der Waals surface area (Å²) in [6, 6.07) is 18.2. The highest BCUT2D eigenvalue weighted by molar-refractivity contribution is 7.99. The van der Waals surface area contributed by atoms with Crippen LogP contribution in [0.4, 0.5) is 0 Å². The third-order valence-electron chi connectivity index (χ3n) is 5.75. The minimum Gasteiger partial charge on any atom is -0.469 e. The topological polar surface area (TPSA) is 60.9 Å². The molecule has 1 aliphatic carbocycles. The minimum absolute atomic E-state index is 0.120. The molecule has 5 nitrogen and oxygen atoms in total. The Balaban J connectivity index is 1.40. The van der Waals surface area contributed by atoms with E-state index in [4.69, 9.17) is 4.42 Å². The lowest BCUT2D eigenvalue weighted by Gasteiger charge is -2.10. The Morgan fingerprint density at radius 1 is 1.06 bits per heavy atom. The molecule has 0 saturated heterocycles. The minimum atomic E-state index is 0.120. The molecule has 0 radical (unpaired) electrons. The van der Waals surface area contributed by atoms with E-state index in [9.17, 15) is 4.79 Å². The molecule has 2 heterocycles. The van der Waals surface area contributed by atoms with Gasteiger partial charge in [0.2, 0.25) is 0 Å². The number of aromatic nitrogens is 3. The largest absolute Gasteiger partial charge is 0.469 e. The number of aryl methyl sites for hydroxylation is 3. The normalized spacial score (nSPS) is 12.8. The first kappa shape index (κ1) is 19.8. The Bertz CT molecular complexity index is 1230. The van der Waals surface area contributed by atoms with Gasteiger partial charge in [0.25, 0.3) is 0 Å². The zero-order chi connectivity index (χ0) is 21.2. The number of hydrogen-bond acceptors (Lipinski definition) is 5. The van der Waals surface area contributed by atoms with Crippen molar-refractivity contribution in [2.45, 2.75) is 37.9 Å². The van der Waals surface area contributed by atoms with Gasteiger partial charge in [0.15, 0.2) is 16.8 Å². The van der Waals surface area contributed by atoms with E-state index in [0.29, 0.717) is 12.3 Å². The number of benzene rings is 2. The Kier molecular flexibility index (Phi) is 5.47. The molecular formula is C25H23N3O2S. The van der Waals surface area contributed by atoms with E-state index < -0.39 is 0 Å². The lowest BCUT2D eigenvalue weighted by atomic mass is 10.0. The predicted molar refractivity (Wildman–Crippen MR) is 122 cm³/mol. The van der Waals surface area contributed by atoms with E-state index in [1.165, 1.54) is 29.3 Å². The molecule has 0 aliphatic heterocycles. The number of hydrogen-bond donors (Lipinski definition) is 0. The summed E-state index contributed by atoms with van der Waals surface area (Å²) in [4.78, 5) is 12.9. The second-order valence-corrected chi connectivity index (χ2v) is 8.76. The van der Waals surface area contributed by atoms with Crippen LogP contribution in [0.15, 0.2) is 70.4 Å². The van der Waals surface area contributed by atoms with E-state index in [2.05, 4.69) is 39.0 Å². The SMILES string of the molecule is Cc1occc1-c1nnc(SCC(=O)c2ccc3c(c2)CCC3)n1Cc1ccccc1. The smallest absolute Gasteiger partial charge is 0.192 e. The van der Waals surface area contributed by atoms with E-state index in [1.807, 2.05) is 37.3 Å². The van der Waals surface area contributed by atoms with Crippen LogP contribution in [0.5, 0.6) is 0 Å². The van der Waals surface area contributed by atoms with Gasteiger partial charge in [-0.3, -0.25) is 9.36 Å². The lowest BCUT2D eigenvalue weighted by Crippen LogP contribution is -2.07. The van der Waals surface area contributed by atoms with E-state index >= 15 is 0 Å². The number of thioether (sulfide) groups is 1. The van der Waals surface area contributed by atoms with Crippen molar-refractivity contribution in [2.75, 3.05) is 5.75 Å². The van der Waals surface area contributed by atoms with Crippen LogP contribution < -0.4 is 0 Å². The summed E-state index contributed by atoms with van der Waals surface area (Å²) < 4.78 is 7.55. The number of Topliss-reactive ketones (excluding diaryl/α,β-unsaturated/α-hetero) is 1. The fourth-order valence-corrected chi connectivity index (χ4v) is 4.91. The summed E-state index contributed by atoms with van der Waals surface area (Å²) in [7, 11) is 0. The van der Waals surface area contributed by atoms with Crippen LogP contribution in [0.3, 0.4) is 0 Å². The molecule has 156 valence electrons. The van der Waals surface area contributed by atoms with Gasteiger partial charge in [-0.25, -0.2) is 0 Å². The average molecular weight is 430 g/mol. The highest BCUT2D eigenvalue weighted by atomic mass is 32.2. The van der Waals surface area contributed by atoms with E-state index in [1.54, 1.807) is 6.26 Å². The van der Waals surface area contributed by atoms with Gasteiger partial charge in [-0.05, 0) is 55.0 Å². The van der Waals surface area contributed by atoms with Crippen molar-refractivity contribution in [1.82, 2.24) is 14.8 Å². The Labute approximate surface area is 185 Å². The first-order chi connectivity index (χ1) is 15.2. The standard InChI is InChI=1S/C25H23N3O2S/c1-17-22(12-13-30-17)24-26-27-25(28(24)15-18-6-3-2-4-7-18)31-16-23(29)21-11-10-19-8-5-9-20(19)14-21/h2-4,6-7,10-14H,5,8-9,15-16H2,1H3. The highest BCUT2D eigenvalue weighted by Crippen LogP contribution is 2.29. The van der Waals surface area contributed by atoms with Crippen molar-refractivity contribution in [2.24, 2.45) is 0 Å². The zero-order valence-electron chi connectivity index (χ0n) is 17.4. The Morgan fingerprint density at radius 3 is 2.71 bits per heavy atom. The van der Waals surface area contributed by atoms with Gasteiger partial charge in [0.05, 0.1) is 24.1 Å². The van der Waals surface area contributed by atoms with Gasteiger partial charge in [-0.1, -0.05) is 54.2 Å². The van der Waals surface area contributed by atoms with E-state index in [0.717, 1.165) is 46.3 Å². The van der Waals surface area contributed by atoms with Crippen molar-refractivity contribution < 1.29 is 9.21 Å². The molecule has 0 spiro atoms. The summed E-state index contributed by atoms with van der Waals surface area (Å²) in [5.41, 5.74) is 5.55. The van der Waals surface area contributed by atoms with Crippen LogP contribution in [0.2, 0.25) is 0 Å². The monoisotopic (exact) mass is 429 g/mol. The first-order valence-electron chi connectivity index (χ1n) is 10.5. The quantitative estimate of drug-likeness (QED) is 0.292. The molecule has 0 fully saturated rings. The number of furan rings is 1. The van der Waals surface area contributed by atoms with Crippen LogP contribution >= 0.6 is 11.8 Å². The van der Waals surface area contributed by atoms with Gasteiger partial charge in [0, 0.05) is 5.56 Å². The lowest BCUT2D eigenvalue weighted by molar-refractivity contribution is 0.102. The summed E-state index contributed by atoms with van der Waals surface area (Å²) in [6.45, 7) is 2.55. The number of carbonyl (C=O) groups is 1. The van der Waals surface area contributed by atoms with Crippen molar-refractivity contribution in [1.29, 1.82) is 0 Å². The summed E-state index contributed by atoms with van der Waals surface area (Å²) >= 11 is 1.44. The van der Waals surface area contributed by atoms with Crippen LogP contribution in [-0.2, 0) is 19.4 Å². The van der Waals surface area contributed by atoms with Crippen molar-refractivity contribution in [3.05, 3.63) is 88.9 Å². The van der Waals surface area contributed by atoms with Crippen LogP contribution in [0.25, 0.3) is 11.4 Å². The Morgan fingerprint density at radius 2 is 1.90 bits per heavy atom. The fourth-order valence-electron chi connectivity index (χ4n) is 4.08. The number of carbonyl (C=O) groups excluding carboxylic acids is 1. The van der Waals surface area contributed by atoms with Crippen molar-refractivity contribution in [3.63, 3.8) is 0 Å². The molecule has 2 aromatic carbocycles. The molecule has 6 heteroatoms. The molecule has 0 saturated carbocycles. The first-order valence-corrected chi connectivity index (χ1v) is 11.5. The number of fused-ring (bicyclic) bond motifs is 1. The fraction of sp³-hybridized carbons (Fsp3) is 0.240. The van der Waals surface area contributed by atoms with Gasteiger partial charge < -0.3 is 4.42 Å². The second kappa shape index (κ2) is 8.55. The highest BCUT2D eigenvalue weighted by Gasteiger charge is 2.20. The van der Waals surface area contributed by atoms with Crippen molar-refractivity contribution >= 4 is 17.5 Å². The van der Waals surface area contributed by atoms with Crippen LogP contribution in [0, 0.1) is 6.92 Å². The van der Waals surface area contributed by atoms with Crippen molar-refractivity contribution in [3.8, 4) is 11.4 Å². The number of nitrogens with zero attached hydrogens (tertiary/aromatic N) is 3. The van der Waals surface area contributed by atoms with Gasteiger partial charge in [0.1, 0.15) is 5.76 Å². The molecule has 5 rings (SSSR count). The molecule has 0 N–H and O–H groups in total. The molecule has 0 bridgehead atoms. The predicted octanol–water partition coefficient (Wildman–Crippen LogP) is 5.36. The molecule has 0 unspecified atom stereocenters. The van der Waals surface area contributed by atoms with Crippen LogP contribution in [0.1, 0.15) is 39.2 Å². The zero-order valence-corrected chi connectivity index (χ0v) is 18.2. The maximum Gasteiger partial charge on any atom is 0.192 e. The molecule has 4 aromatic rings. The molecule has 0 atom stereocenters. The third kappa shape index (κ3) is 4.08. The molecule has 31 heavy (non-hydrogen) atoms. The summed E-state index contributed by atoms with van der Waals surface area (Å²) in [5.74, 6) is 2.00. The second-order valence-electron chi connectivity index (χ2n) is 7.82. The maximum atomic E-state index is 12.9. The number of rotatable bonds is 7. The molecule has 0 amide bonds. The molecular weight excluding hydrogens is 406 g/mol. The van der Waals surface area contributed by atoms with Gasteiger partial charge in [-0.15, -0.1) is 10.2 Å². The Hall–Kier alpha value is -3.12. The average Bonchev–Trinajstić information content (AvgIpc) is 3.52. The van der Waals surface area contributed by atoms with E-state index in [-0.39, 0.29) is 5.78 Å². The number of ketones is 1. The van der Waals surface area contributed by atoms with Gasteiger partial charge in [-0.2, -0.15) is 0 Å². The van der Waals surface area contributed by atoms with Crippen LogP contribution in [-0.4, -0.2) is 26.3 Å². The molecule has 2 aromatic heterocycles. The summed E-state index contributed by atoms with van der Waals surface area (Å²) in [5, 5.41) is 9.58. The third-order valence-corrected chi connectivity index (χ3v) is 6.72.